The highest BCUT2D eigenvalue weighted by molar-refractivity contribution is 7.93. The lowest BCUT2D eigenvalue weighted by Gasteiger charge is -2.22. The summed E-state index contributed by atoms with van der Waals surface area (Å²) in [5.74, 6) is -0.858. The molecule has 0 radical (unpaired) electrons. The first-order valence-electron chi connectivity index (χ1n) is 7.30. The molecule has 0 aromatic heterocycles. The summed E-state index contributed by atoms with van der Waals surface area (Å²) in [6.07, 6.45) is 4.90. The largest absolute Gasteiger partial charge is 0.481 e. The third kappa shape index (κ3) is 4.74. The molecule has 0 aliphatic heterocycles. The number of rotatable bonds is 6. The van der Waals surface area contributed by atoms with Crippen LogP contribution in [0.1, 0.15) is 44.1 Å². The van der Waals surface area contributed by atoms with Gasteiger partial charge in [-0.05, 0) is 37.0 Å². The molecule has 0 saturated heterocycles. The molecule has 1 aromatic carbocycles. The van der Waals surface area contributed by atoms with E-state index in [1.807, 2.05) is 0 Å². The minimum absolute atomic E-state index is 0.0405. The van der Waals surface area contributed by atoms with Gasteiger partial charge in [0.25, 0.3) is 0 Å². The zero-order valence-electron chi connectivity index (χ0n) is 11.9. The number of aryl methyl sites for hydroxylation is 1. The van der Waals surface area contributed by atoms with Crippen LogP contribution in [-0.2, 0) is 21.2 Å². The number of benzene rings is 1. The van der Waals surface area contributed by atoms with Crippen molar-refractivity contribution in [2.45, 2.75) is 50.2 Å². The summed E-state index contributed by atoms with van der Waals surface area (Å²) < 4.78 is 27.3. The van der Waals surface area contributed by atoms with Crippen LogP contribution in [0, 0.1) is 0 Å². The number of aliphatic carboxylic acids is 1. The van der Waals surface area contributed by atoms with Crippen LogP contribution >= 0.6 is 0 Å². The number of carbonyl (C=O) groups is 1. The molecule has 1 aliphatic rings. The summed E-state index contributed by atoms with van der Waals surface area (Å²) in [5.41, 5.74) is 1.34. The molecule has 21 heavy (non-hydrogen) atoms. The first kappa shape index (κ1) is 15.8. The van der Waals surface area contributed by atoms with Crippen molar-refractivity contribution in [1.82, 2.24) is 0 Å². The molecule has 1 saturated carbocycles. The standard InChI is InChI=1S/C15H21NO4S/c17-15(18)10-9-12-5-4-6-13(11-12)16-21(19,20)14-7-2-1-3-8-14/h4-6,11,14,16H,1-3,7-10H2,(H,17,18). The summed E-state index contributed by atoms with van der Waals surface area (Å²) in [4.78, 5) is 10.6. The number of nitrogens with one attached hydrogen (secondary N) is 1. The summed E-state index contributed by atoms with van der Waals surface area (Å²) >= 11 is 0. The fraction of sp³-hybridized carbons (Fsp3) is 0.533. The molecule has 1 fully saturated rings. The monoisotopic (exact) mass is 311 g/mol. The molecular weight excluding hydrogens is 290 g/mol. The fourth-order valence-corrected chi connectivity index (χ4v) is 4.24. The van der Waals surface area contributed by atoms with Crippen LogP contribution in [-0.4, -0.2) is 24.7 Å². The summed E-state index contributed by atoms with van der Waals surface area (Å²) in [6.45, 7) is 0. The van der Waals surface area contributed by atoms with Gasteiger partial charge in [-0.3, -0.25) is 9.52 Å². The van der Waals surface area contributed by atoms with E-state index in [0.29, 0.717) is 24.9 Å². The van der Waals surface area contributed by atoms with Gasteiger partial charge in [0.2, 0.25) is 10.0 Å². The first-order valence-corrected chi connectivity index (χ1v) is 8.84. The predicted molar refractivity (Wildman–Crippen MR) is 81.8 cm³/mol. The zero-order valence-corrected chi connectivity index (χ0v) is 12.7. The topological polar surface area (TPSA) is 83.5 Å². The number of hydrogen-bond acceptors (Lipinski definition) is 3. The van der Waals surface area contributed by atoms with E-state index in [1.54, 1.807) is 24.3 Å². The van der Waals surface area contributed by atoms with Crippen molar-refractivity contribution in [3.05, 3.63) is 29.8 Å². The van der Waals surface area contributed by atoms with Gasteiger partial charge in [0.15, 0.2) is 0 Å². The summed E-state index contributed by atoms with van der Waals surface area (Å²) in [7, 11) is -3.35. The van der Waals surface area contributed by atoms with E-state index in [1.165, 1.54) is 0 Å². The van der Waals surface area contributed by atoms with Crippen LogP contribution in [0.4, 0.5) is 5.69 Å². The van der Waals surface area contributed by atoms with E-state index >= 15 is 0 Å². The maximum atomic E-state index is 12.3. The SMILES string of the molecule is O=C(O)CCc1cccc(NS(=O)(=O)C2CCCCC2)c1. The van der Waals surface area contributed by atoms with Gasteiger partial charge in [-0.1, -0.05) is 31.4 Å². The van der Waals surface area contributed by atoms with Gasteiger partial charge in [-0.15, -0.1) is 0 Å². The molecule has 1 aromatic rings. The molecule has 6 heteroatoms. The Kier molecular flexibility index (Phi) is 5.22. The normalized spacial score (nSPS) is 16.6. The second kappa shape index (κ2) is 6.93. The molecule has 0 heterocycles. The van der Waals surface area contributed by atoms with Crippen LogP contribution in [0.2, 0.25) is 0 Å². The maximum Gasteiger partial charge on any atom is 0.303 e. The number of carboxylic acid groups (broad SMARTS) is 1. The van der Waals surface area contributed by atoms with Gasteiger partial charge in [-0.25, -0.2) is 8.42 Å². The molecular formula is C15H21NO4S. The van der Waals surface area contributed by atoms with Crippen molar-refractivity contribution in [2.24, 2.45) is 0 Å². The second-order valence-electron chi connectivity index (χ2n) is 5.50. The van der Waals surface area contributed by atoms with Crippen molar-refractivity contribution < 1.29 is 18.3 Å². The lowest BCUT2D eigenvalue weighted by molar-refractivity contribution is -0.136. The Morgan fingerprint density at radius 3 is 2.62 bits per heavy atom. The Morgan fingerprint density at radius 2 is 1.95 bits per heavy atom. The molecule has 2 rings (SSSR count). The Balaban J connectivity index is 2.04. The molecule has 5 nitrogen and oxygen atoms in total. The third-order valence-electron chi connectivity index (χ3n) is 3.81. The van der Waals surface area contributed by atoms with Gasteiger partial charge < -0.3 is 5.11 Å². The lowest BCUT2D eigenvalue weighted by atomic mass is 10.0. The second-order valence-corrected chi connectivity index (χ2v) is 7.46. The van der Waals surface area contributed by atoms with Gasteiger partial charge in [0, 0.05) is 12.1 Å². The van der Waals surface area contributed by atoms with Crippen LogP contribution in [0.15, 0.2) is 24.3 Å². The Bertz CT molecular complexity index is 591. The molecule has 0 bridgehead atoms. The fourth-order valence-electron chi connectivity index (χ4n) is 2.66. The van der Waals surface area contributed by atoms with Crippen molar-refractivity contribution >= 4 is 21.7 Å². The molecule has 0 spiro atoms. The minimum atomic E-state index is -3.35. The van der Waals surface area contributed by atoms with Crippen LogP contribution < -0.4 is 4.72 Å². The Morgan fingerprint density at radius 1 is 1.24 bits per heavy atom. The van der Waals surface area contributed by atoms with E-state index in [9.17, 15) is 13.2 Å². The maximum absolute atomic E-state index is 12.3. The van der Waals surface area contributed by atoms with Gasteiger partial charge in [0.05, 0.1) is 5.25 Å². The number of hydrogen-bond donors (Lipinski definition) is 2. The van der Waals surface area contributed by atoms with Crippen molar-refractivity contribution in [3.63, 3.8) is 0 Å². The van der Waals surface area contributed by atoms with E-state index in [-0.39, 0.29) is 11.7 Å². The molecule has 116 valence electrons. The van der Waals surface area contributed by atoms with Crippen molar-refractivity contribution in [2.75, 3.05) is 4.72 Å². The minimum Gasteiger partial charge on any atom is -0.481 e. The van der Waals surface area contributed by atoms with Crippen LogP contribution in [0.25, 0.3) is 0 Å². The lowest BCUT2D eigenvalue weighted by Crippen LogP contribution is -2.29. The summed E-state index contributed by atoms with van der Waals surface area (Å²) in [6, 6.07) is 6.96. The highest BCUT2D eigenvalue weighted by Crippen LogP contribution is 2.25. The van der Waals surface area contributed by atoms with Gasteiger partial charge >= 0.3 is 5.97 Å². The predicted octanol–water partition coefficient (Wildman–Crippen LogP) is 2.78. The highest BCUT2D eigenvalue weighted by atomic mass is 32.2. The zero-order chi connectivity index (χ0) is 15.3. The molecule has 2 N–H and O–H groups in total. The average molecular weight is 311 g/mol. The van der Waals surface area contributed by atoms with Gasteiger partial charge in [-0.2, -0.15) is 0 Å². The van der Waals surface area contributed by atoms with Crippen molar-refractivity contribution in [1.29, 1.82) is 0 Å². The van der Waals surface area contributed by atoms with Crippen LogP contribution in [0.5, 0.6) is 0 Å². The molecule has 0 unspecified atom stereocenters. The van der Waals surface area contributed by atoms with Gasteiger partial charge in [0.1, 0.15) is 0 Å². The van der Waals surface area contributed by atoms with Crippen LogP contribution in [0.3, 0.4) is 0 Å². The number of carboxylic acids is 1. The third-order valence-corrected chi connectivity index (χ3v) is 5.67. The Hall–Kier alpha value is -1.56. The molecule has 0 amide bonds. The number of sulfonamides is 1. The molecule has 1 aliphatic carbocycles. The Labute approximate surface area is 125 Å². The quantitative estimate of drug-likeness (QED) is 0.846. The van der Waals surface area contributed by atoms with E-state index in [2.05, 4.69) is 4.72 Å². The molecule has 0 atom stereocenters. The van der Waals surface area contributed by atoms with E-state index < -0.39 is 16.0 Å². The summed E-state index contributed by atoms with van der Waals surface area (Å²) in [5, 5.41) is 8.38. The van der Waals surface area contributed by atoms with E-state index in [4.69, 9.17) is 5.11 Å². The smallest absolute Gasteiger partial charge is 0.303 e. The first-order chi connectivity index (χ1) is 9.97. The average Bonchev–Trinajstić information content (AvgIpc) is 2.46. The number of anilines is 1. The van der Waals surface area contributed by atoms with E-state index in [0.717, 1.165) is 24.8 Å². The highest BCUT2D eigenvalue weighted by Gasteiger charge is 2.27. The van der Waals surface area contributed by atoms with Crippen molar-refractivity contribution in [3.8, 4) is 0 Å².